The number of nitrogens with two attached hydrogens (primary N) is 1. The van der Waals surface area contributed by atoms with Crippen LogP contribution in [-0.2, 0) is 0 Å². The molecule has 0 aliphatic rings. The highest BCUT2D eigenvalue weighted by molar-refractivity contribution is 6.30. The number of aliphatic hydroxyl groups is 1. The minimum atomic E-state index is 0.167. The van der Waals surface area contributed by atoms with Gasteiger partial charge in [0, 0.05) is 11.6 Å². The van der Waals surface area contributed by atoms with Crippen molar-refractivity contribution in [2.24, 2.45) is 11.7 Å². The molecular formula is C13H20ClNO2. The molecule has 3 nitrogen and oxygen atoms in total. The number of hydrogen-bond donors (Lipinski definition) is 2. The van der Waals surface area contributed by atoms with Crippen molar-refractivity contribution in [3.05, 3.63) is 28.8 Å². The molecule has 0 spiro atoms. The van der Waals surface area contributed by atoms with Gasteiger partial charge in [0.25, 0.3) is 0 Å². The normalized spacial score (nSPS) is 12.5. The molecule has 0 saturated heterocycles. The molecule has 0 amide bonds. The van der Waals surface area contributed by atoms with Crippen LogP contribution in [0.3, 0.4) is 0 Å². The maximum atomic E-state index is 9.12. The lowest BCUT2D eigenvalue weighted by atomic mass is 10.0. The van der Waals surface area contributed by atoms with Crippen LogP contribution in [0.5, 0.6) is 5.75 Å². The number of benzene rings is 1. The van der Waals surface area contributed by atoms with Gasteiger partial charge >= 0.3 is 0 Å². The molecule has 0 unspecified atom stereocenters. The van der Waals surface area contributed by atoms with E-state index in [-0.39, 0.29) is 12.5 Å². The molecule has 0 bridgehead atoms. The molecule has 0 aliphatic heterocycles. The van der Waals surface area contributed by atoms with Crippen LogP contribution in [0.15, 0.2) is 18.2 Å². The second-order valence-electron chi connectivity index (χ2n) is 4.17. The second-order valence-corrected chi connectivity index (χ2v) is 4.61. The summed E-state index contributed by atoms with van der Waals surface area (Å²) < 4.78 is 5.66. The Kier molecular flexibility index (Phi) is 6.34. The molecule has 96 valence electrons. The Morgan fingerprint density at radius 1 is 1.41 bits per heavy atom. The van der Waals surface area contributed by atoms with Gasteiger partial charge in [0.1, 0.15) is 5.75 Å². The average Bonchev–Trinajstić information content (AvgIpc) is 2.30. The molecule has 0 fully saturated rings. The third kappa shape index (κ3) is 4.94. The highest BCUT2D eigenvalue weighted by Gasteiger charge is 2.07. The Morgan fingerprint density at radius 2 is 2.18 bits per heavy atom. The molecule has 1 atom stereocenters. The lowest BCUT2D eigenvalue weighted by molar-refractivity contribution is 0.185. The summed E-state index contributed by atoms with van der Waals surface area (Å²) in [5.41, 5.74) is 6.49. The molecule has 1 rings (SSSR count). The molecule has 0 radical (unpaired) electrons. The Morgan fingerprint density at radius 3 is 2.76 bits per heavy atom. The van der Waals surface area contributed by atoms with Crippen LogP contribution in [0.4, 0.5) is 0 Å². The molecule has 17 heavy (non-hydrogen) atoms. The van der Waals surface area contributed by atoms with E-state index >= 15 is 0 Å². The van der Waals surface area contributed by atoms with Gasteiger partial charge in [0.05, 0.1) is 6.61 Å². The summed E-state index contributed by atoms with van der Waals surface area (Å²) in [7, 11) is 0. The number of hydrogen-bond acceptors (Lipinski definition) is 3. The summed E-state index contributed by atoms with van der Waals surface area (Å²) in [4.78, 5) is 0. The number of halogens is 1. The van der Waals surface area contributed by atoms with Gasteiger partial charge in [0.15, 0.2) is 0 Å². The van der Waals surface area contributed by atoms with Crippen LogP contribution < -0.4 is 10.5 Å². The minimum Gasteiger partial charge on any atom is -0.493 e. The second kappa shape index (κ2) is 7.54. The van der Waals surface area contributed by atoms with Gasteiger partial charge in [0.2, 0.25) is 0 Å². The Hall–Kier alpha value is -0.770. The predicted octanol–water partition coefficient (Wildman–Crippen LogP) is 2.37. The first-order valence-electron chi connectivity index (χ1n) is 5.87. The maximum absolute atomic E-state index is 9.12. The van der Waals surface area contributed by atoms with Gasteiger partial charge in [-0.1, -0.05) is 11.6 Å². The number of ether oxygens (including phenoxy) is 1. The van der Waals surface area contributed by atoms with Gasteiger partial charge < -0.3 is 15.6 Å². The number of aryl methyl sites for hydroxylation is 1. The zero-order chi connectivity index (χ0) is 12.7. The summed E-state index contributed by atoms with van der Waals surface area (Å²) in [6, 6.07) is 5.56. The van der Waals surface area contributed by atoms with Gasteiger partial charge in [-0.25, -0.2) is 0 Å². The largest absolute Gasteiger partial charge is 0.493 e. The molecule has 0 saturated carbocycles. The van der Waals surface area contributed by atoms with Crippen LogP contribution in [-0.4, -0.2) is 24.9 Å². The molecule has 4 heteroatoms. The summed E-state index contributed by atoms with van der Waals surface area (Å²) in [5.74, 6) is 1.08. The molecule has 1 aromatic carbocycles. The molecule has 1 aromatic rings. The van der Waals surface area contributed by atoms with Crippen molar-refractivity contribution in [2.45, 2.75) is 19.8 Å². The van der Waals surface area contributed by atoms with Gasteiger partial charge in [-0.2, -0.15) is 0 Å². The van der Waals surface area contributed by atoms with Gasteiger partial charge in [-0.3, -0.25) is 0 Å². The standard InChI is InChI=1S/C13H20ClNO2/c1-10-8-12(14)2-3-13(10)17-7-5-11(9-16)4-6-15/h2-3,8,11,16H,4-7,9,15H2,1H3/t11-/m0/s1. The van der Waals surface area contributed by atoms with E-state index in [2.05, 4.69) is 0 Å². The van der Waals surface area contributed by atoms with E-state index in [0.717, 1.165) is 24.2 Å². The van der Waals surface area contributed by atoms with E-state index in [0.29, 0.717) is 18.2 Å². The SMILES string of the molecule is Cc1cc(Cl)ccc1OCC[C@@H](CO)CCN. The first kappa shape index (κ1) is 14.3. The van der Waals surface area contributed by atoms with Crippen molar-refractivity contribution >= 4 is 11.6 Å². The van der Waals surface area contributed by atoms with Crippen molar-refractivity contribution in [3.63, 3.8) is 0 Å². The predicted molar refractivity (Wildman–Crippen MR) is 70.5 cm³/mol. The lowest BCUT2D eigenvalue weighted by Gasteiger charge is -2.14. The molecule has 0 aliphatic carbocycles. The smallest absolute Gasteiger partial charge is 0.122 e. The van der Waals surface area contributed by atoms with Crippen molar-refractivity contribution < 1.29 is 9.84 Å². The summed E-state index contributed by atoms with van der Waals surface area (Å²) in [6.07, 6.45) is 1.65. The van der Waals surface area contributed by atoms with Crippen LogP contribution in [0.1, 0.15) is 18.4 Å². The van der Waals surface area contributed by atoms with E-state index < -0.39 is 0 Å². The van der Waals surface area contributed by atoms with E-state index in [1.54, 1.807) is 0 Å². The van der Waals surface area contributed by atoms with Crippen LogP contribution in [0, 0.1) is 12.8 Å². The summed E-state index contributed by atoms with van der Waals surface area (Å²) in [5, 5.41) is 9.83. The highest BCUT2D eigenvalue weighted by atomic mass is 35.5. The fourth-order valence-corrected chi connectivity index (χ4v) is 1.90. The quantitative estimate of drug-likeness (QED) is 0.789. The van der Waals surface area contributed by atoms with Crippen molar-refractivity contribution in [1.29, 1.82) is 0 Å². The topological polar surface area (TPSA) is 55.5 Å². The van der Waals surface area contributed by atoms with Gasteiger partial charge in [-0.15, -0.1) is 0 Å². The molecular weight excluding hydrogens is 238 g/mol. The fraction of sp³-hybridized carbons (Fsp3) is 0.538. The first-order chi connectivity index (χ1) is 8.17. The van der Waals surface area contributed by atoms with Crippen LogP contribution >= 0.6 is 11.6 Å². The Labute approximate surface area is 108 Å². The van der Waals surface area contributed by atoms with E-state index in [9.17, 15) is 0 Å². The lowest BCUT2D eigenvalue weighted by Crippen LogP contribution is -2.15. The monoisotopic (exact) mass is 257 g/mol. The van der Waals surface area contributed by atoms with Gasteiger partial charge in [-0.05, 0) is 56.0 Å². The summed E-state index contributed by atoms with van der Waals surface area (Å²) in [6.45, 7) is 3.32. The average molecular weight is 258 g/mol. The first-order valence-corrected chi connectivity index (χ1v) is 6.25. The third-order valence-corrected chi connectivity index (χ3v) is 2.99. The van der Waals surface area contributed by atoms with Crippen LogP contribution in [0.2, 0.25) is 5.02 Å². The fourth-order valence-electron chi connectivity index (χ4n) is 1.67. The van der Waals surface area contributed by atoms with Crippen LogP contribution in [0.25, 0.3) is 0 Å². The number of aliphatic hydroxyl groups excluding tert-OH is 1. The highest BCUT2D eigenvalue weighted by Crippen LogP contribution is 2.22. The van der Waals surface area contributed by atoms with E-state index in [4.69, 9.17) is 27.2 Å². The van der Waals surface area contributed by atoms with E-state index in [1.807, 2.05) is 25.1 Å². The molecule has 0 aromatic heterocycles. The Bertz CT molecular complexity index is 344. The Balaban J connectivity index is 2.39. The van der Waals surface area contributed by atoms with Crippen molar-refractivity contribution in [2.75, 3.05) is 19.8 Å². The maximum Gasteiger partial charge on any atom is 0.122 e. The van der Waals surface area contributed by atoms with Crippen molar-refractivity contribution in [1.82, 2.24) is 0 Å². The van der Waals surface area contributed by atoms with E-state index in [1.165, 1.54) is 0 Å². The van der Waals surface area contributed by atoms with Crippen molar-refractivity contribution in [3.8, 4) is 5.75 Å². The summed E-state index contributed by atoms with van der Waals surface area (Å²) >= 11 is 5.86. The zero-order valence-corrected chi connectivity index (χ0v) is 10.9. The molecule has 3 N–H and O–H groups in total. The third-order valence-electron chi connectivity index (χ3n) is 2.75. The minimum absolute atomic E-state index is 0.167. The zero-order valence-electron chi connectivity index (χ0n) is 10.2. The number of rotatable bonds is 7. The molecule has 0 heterocycles.